The Morgan fingerprint density at radius 2 is 1.41 bits per heavy atom. The van der Waals surface area contributed by atoms with Crippen LogP contribution in [0.3, 0.4) is 0 Å². The lowest BCUT2D eigenvalue weighted by Gasteiger charge is -2.27. The van der Waals surface area contributed by atoms with Crippen LogP contribution in [0.5, 0.6) is 0 Å². The largest absolute Gasteiger partial charge is 0.388 e. The third-order valence-corrected chi connectivity index (χ3v) is 3.60. The van der Waals surface area contributed by atoms with Crippen LogP contribution in [-0.2, 0) is 4.79 Å². The zero-order chi connectivity index (χ0) is 16.2. The Hall–Kier alpha value is -2.17. The quantitative estimate of drug-likeness (QED) is 0.790. The number of nitrogens with two attached hydrogens (primary N) is 1. The van der Waals surface area contributed by atoms with Crippen molar-refractivity contribution in [1.82, 2.24) is 5.32 Å². The molecular formula is C18H22N2O2. The van der Waals surface area contributed by atoms with Crippen LogP contribution in [0.2, 0.25) is 0 Å². The third-order valence-electron chi connectivity index (χ3n) is 3.60. The molecule has 0 aliphatic carbocycles. The number of carbonyl (C=O) groups excluding carboxylic acids is 1. The van der Waals surface area contributed by atoms with Crippen molar-refractivity contribution in [3.8, 4) is 0 Å². The number of nitrogens with one attached hydrogen (secondary N) is 1. The van der Waals surface area contributed by atoms with Crippen molar-refractivity contribution >= 4 is 5.91 Å². The summed E-state index contributed by atoms with van der Waals surface area (Å²) in [5.41, 5.74) is 6.49. The van der Waals surface area contributed by atoms with E-state index in [0.717, 1.165) is 11.1 Å². The Balaban J connectivity index is 2.29. The highest BCUT2D eigenvalue weighted by Crippen LogP contribution is 2.22. The van der Waals surface area contributed by atoms with E-state index in [4.69, 9.17) is 5.73 Å². The van der Waals surface area contributed by atoms with Crippen LogP contribution in [-0.4, -0.2) is 22.7 Å². The molecule has 0 aliphatic heterocycles. The van der Waals surface area contributed by atoms with Crippen LogP contribution < -0.4 is 11.1 Å². The van der Waals surface area contributed by atoms with Gasteiger partial charge in [0, 0.05) is 0 Å². The van der Waals surface area contributed by atoms with Gasteiger partial charge in [0.15, 0.2) is 0 Å². The minimum atomic E-state index is -1.28. The van der Waals surface area contributed by atoms with Gasteiger partial charge in [-0.25, -0.2) is 0 Å². The van der Waals surface area contributed by atoms with Gasteiger partial charge < -0.3 is 16.2 Å². The highest BCUT2D eigenvalue weighted by atomic mass is 16.3. The molecule has 2 aromatic carbocycles. The Morgan fingerprint density at radius 3 is 1.77 bits per heavy atom. The van der Waals surface area contributed by atoms with E-state index in [2.05, 4.69) is 5.32 Å². The molecule has 0 radical (unpaired) electrons. The molecule has 4 N–H and O–H groups in total. The minimum absolute atomic E-state index is 0.303. The molecule has 0 heterocycles. The third kappa shape index (κ3) is 3.93. The SMILES string of the molecule is CC(C)(O)C(N)C(=O)NC(c1ccccc1)c1ccccc1. The maximum atomic E-state index is 12.4. The molecule has 4 heteroatoms. The Labute approximate surface area is 131 Å². The number of rotatable bonds is 5. The van der Waals surface area contributed by atoms with Gasteiger partial charge in [0.2, 0.25) is 5.91 Å². The van der Waals surface area contributed by atoms with E-state index in [1.54, 1.807) is 0 Å². The van der Waals surface area contributed by atoms with Gasteiger partial charge in [-0.3, -0.25) is 4.79 Å². The van der Waals surface area contributed by atoms with Gasteiger partial charge in [-0.2, -0.15) is 0 Å². The number of benzene rings is 2. The average Bonchev–Trinajstić information content (AvgIpc) is 2.52. The first-order valence-electron chi connectivity index (χ1n) is 7.28. The van der Waals surface area contributed by atoms with E-state index < -0.39 is 11.6 Å². The van der Waals surface area contributed by atoms with Crippen molar-refractivity contribution in [2.45, 2.75) is 31.5 Å². The maximum absolute atomic E-state index is 12.4. The molecule has 0 spiro atoms. The number of carbonyl (C=O) groups is 1. The van der Waals surface area contributed by atoms with E-state index in [-0.39, 0.29) is 11.9 Å². The van der Waals surface area contributed by atoms with Crippen LogP contribution >= 0.6 is 0 Å². The Kier molecular flexibility index (Phi) is 4.96. The van der Waals surface area contributed by atoms with Crippen molar-refractivity contribution in [3.05, 3.63) is 71.8 Å². The van der Waals surface area contributed by atoms with Gasteiger partial charge in [-0.05, 0) is 25.0 Å². The normalized spacial score (nSPS) is 13.0. The van der Waals surface area contributed by atoms with Crippen molar-refractivity contribution in [2.24, 2.45) is 5.73 Å². The molecule has 0 saturated heterocycles. The molecule has 2 rings (SSSR count). The fraction of sp³-hybridized carbons (Fsp3) is 0.278. The second-order valence-corrected chi connectivity index (χ2v) is 5.89. The van der Waals surface area contributed by atoms with Crippen molar-refractivity contribution < 1.29 is 9.90 Å². The van der Waals surface area contributed by atoms with Gasteiger partial charge >= 0.3 is 0 Å². The van der Waals surface area contributed by atoms with Gasteiger partial charge in [0.05, 0.1) is 11.6 Å². The highest BCUT2D eigenvalue weighted by Gasteiger charge is 2.31. The Morgan fingerprint density at radius 1 is 1.00 bits per heavy atom. The molecule has 116 valence electrons. The van der Waals surface area contributed by atoms with Gasteiger partial charge in [-0.15, -0.1) is 0 Å². The van der Waals surface area contributed by atoms with Crippen LogP contribution in [0.15, 0.2) is 60.7 Å². The minimum Gasteiger partial charge on any atom is -0.388 e. The summed E-state index contributed by atoms with van der Waals surface area (Å²) < 4.78 is 0. The summed E-state index contributed by atoms with van der Waals surface area (Å²) in [4.78, 5) is 12.4. The zero-order valence-corrected chi connectivity index (χ0v) is 12.9. The molecule has 0 fully saturated rings. The topological polar surface area (TPSA) is 75.3 Å². The Bertz CT molecular complexity index is 566. The number of aliphatic hydroxyl groups is 1. The zero-order valence-electron chi connectivity index (χ0n) is 12.9. The van der Waals surface area contributed by atoms with Crippen LogP contribution in [0, 0.1) is 0 Å². The smallest absolute Gasteiger partial charge is 0.240 e. The second-order valence-electron chi connectivity index (χ2n) is 5.89. The highest BCUT2D eigenvalue weighted by molar-refractivity contribution is 5.83. The molecular weight excluding hydrogens is 276 g/mol. The van der Waals surface area contributed by atoms with E-state index >= 15 is 0 Å². The molecule has 1 unspecified atom stereocenters. The van der Waals surface area contributed by atoms with E-state index in [1.807, 2.05) is 60.7 Å². The first-order valence-corrected chi connectivity index (χ1v) is 7.28. The number of hydrogen-bond acceptors (Lipinski definition) is 3. The van der Waals surface area contributed by atoms with Crippen LogP contribution in [0.1, 0.15) is 31.0 Å². The molecule has 22 heavy (non-hydrogen) atoms. The molecule has 0 aromatic heterocycles. The predicted molar refractivity (Wildman–Crippen MR) is 87.1 cm³/mol. The molecule has 0 aliphatic rings. The monoisotopic (exact) mass is 298 g/mol. The second kappa shape index (κ2) is 6.73. The van der Waals surface area contributed by atoms with Crippen molar-refractivity contribution in [3.63, 3.8) is 0 Å². The summed E-state index contributed by atoms with van der Waals surface area (Å²) in [6.07, 6.45) is 0. The summed E-state index contributed by atoms with van der Waals surface area (Å²) in [5.74, 6) is -0.384. The summed E-state index contributed by atoms with van der Waals surface area (Å²) in [7, 11) is 0. The van der Waals surface area contributed by atoms with Gasteiger partial charge in [0.25, 0.3) is 0 Å². The van der Waals surface area contributed by atoms with Gasteiger partial charge in [0.1, 0.15) is 6.04 Å². The molecule has 0 saturated carbocycles. The number of amides is 1. The molecule has 0 bridgehead atoms. The van der Waals surface area contributed by atoms with Gasteiger partial charge in [-0.1, -0.05) is 60.7 Å². The lowest BCUT2D eigenvalue weighted by molar-refractivity contribution is -0.127. The standard InChI is InChI=1S/C18H22N2O2/c1-18(2,22)16(19)17(21)20-15(13-9-5-3-6-10-13)14-11-7-4-8-12-14/h3-12,15-16,22H,19H2,1-2H3,(H,20,21). The summed E-state index contributed by atoms with van der Waals surface area (Å²) >= 11 is 0. The van der Waals surface area contributed by atoms with Crippen molar-refractivity contribution in [1.29, 1.82) is 0 Å². The molecule has 1 atom stereocenters. The molecule has 4 nitrogen and oxygen atoms in total. The maximum Gasteiger partial charge on any atom is 0.240 e. The lowest BCUT2D eigenvalue weighted by atomic mass is 9.95. The average molecular weight is 298 g/mol. The van der Waals surface area contributed by atoms with E-state index in [0.29, 0.717) is 0 Å². The summed E-state index contributed by atoms with van der Waals surface area (Å²) in [5, 5.41) is 12.9. The first-order chi connectivity index (χ1) is 10.4. The molecule has 1 amide bonds. The number of hydrogen-bond donors (Lipinski definition) is 3. The fourth-order valence-electron chi connectivity index (χ4n) is 2.20. The lowest BCUT2D eigenvalue weighted by Crippen LogP contribution is -2.54. The summed E-state index contributed by atoms with van der Waals surface area (Å²) in [6, 6.07) is 18.1. The molecule has 2 aromatic rings. The van der Waals surface area contributed by atoms with Crippen LogP contribution in [0.25, 0.3) is 0 Å². The van der Waals surface area contributed by atoms with Crippen LogP contribution in [0.4, 0.5) is 0 Å². The van der Waals surface area contributed by atoms with E-state index in [9.17, 15) is 9.90 Å². The first kappa shape index (κ1) is 16.2. The fourth-order valence-corrected chi connectivity index (χ4v) is 2.20. The van der Waals surface area contributed by atoms with E-state index in [1.165, 1.54) is 13.8 Å². The summed E-state index contributed by atoms with van der Waals surface area (Å²) in [6.45, 7) is 3.05. The predicted octanol–water partition coefficient (Wildman–Crippen LogP) is 1.99. The van der Waals surface area contributed by atoms with Crippen molar-refractivity contribution in [2.75, 3.05) is 0 Å².